The van der Waals surface area contributed by atoms with Gasteiger partial charge < -0.3 is 24.5 Å². The van der Waals surface area contributed by atoms with Gasteiger partial charge in [-0.2, -0.15) is 0 Å². The van der Waals surface area contributed by atoms with Gasteiger partial charge >= 0.3 is 0 Å². The molecule has 160 valence electrons. The Bertz CT molecular complexity index is 931. The lowest BCUT2D eigenvalue weighted by molar-refractivity contribution is -0.117. The molecule has 0 aliphatic carbocycles. The molecule has 2 amide bonds. The first-order chi connectivity index (χ1) is 14.4. The van der Waals surface area contributed by atoms with Crippen molar-refractivity contribution in [1.29, 1.82) is 0 Å². The number of aryl methyl sites for hydroxylation is 2. The van der Waals surface area contributed by atoms with E-state index in [4.69, 9.17) is 4.52 Å². The second kappa shape index (κ2) is 8.43. The first-order valence-corrected chi connectivity index (χ1v) is 10.4. The zero-order valence-electron chi connectivity index (χ0n) is 17.8. The number of pyridine rings is 1. The number of likely N-dealkylation sites (N-methyl/N-ethyl adjacent to an activating group) is 1. The number of anilines is 2. The zero-order chi connectivity index (χ0) is 21.3. The van der Waals surface area contributed by atoms with Crippen molar-refractivity contribution in [2.24, 2.45) is 0 Å². The van der Waals surface area contributed by atoms with Crippen LogP contribution in [0.2, 0.25) is 0 Å². The Morgan fingerprint density at radius 3 is 2.77 bits per heavy atom. The fourth-order valence-corrected chi connectivity index (χ4v) is 3.98. The third kappa shape index (κ3) is 4.02. The van der Waals surface area contributed by atoms with Crippen LogP contribution in [0.4, 0.5) is 11.5 Å². The number of rotatable bonds is 6. The van der Waals surface area contributed by atoms with Crippen LogP contribution in [-0.4, -0.2) is 71.5 Å². The molecule has 0 radical (unpaired) electrons. The normalized spacial score (nSPS) is 16.5. The molecule has 0 saturated carbocycles. The fourth-order valence-electron chi connectivity index (χ4n) is 3.98. The van der Waals surface area contributed by atoms with Crippen LogP contribution < -0.4 is 10.2 Å². The Hall–Kier alpha value is -2.94. The van der Waals surface area contributed by atoms with Crippen molar-refractivity contribution in [3.05, 3.63) is 34.8 Å². The van der Waals surface area contributed by atoms with E-state index in [0.29, 0.717) is 35.9 Å². The Balaban J connectivity index is 1.53. The van der Waals surface area contributed by atoms with Crippen molar-refractivity contribution >= 4 is 23.3 Å². The predicted molar refractivity (Wildman–Crippen MR) is 113 cm³/mol. The highest BCUT2D eigenvalue weighted by atomic mass is 16.5. The van der Waals surface area contributed by atoms with Gasteiger partial charge in [0.1, 0.15) is 5.76 Å². The molecule has 0 bridgehead atoms. The highest BCUT2D eigenvalue weighted by Crippen LogP contribution is 2.31. The van der Waals surface area contributed by atoms with Crippen LogP contribution in [0.1, 0.15) is 40.2 Å². The van der Waals surface area contributed by atoms with Gasteiger partial charge in [-0.05, 0) is 45.8 Å². The van der Waals surface area contributed by atoms with Gasteiger partial charge in [0, 0.05) is 31.9 Å². The van der Waals surface area contributed by atoms with Gasteiger partial charge in [-0.25, -0.2) is 4.98 Å². The molecule has 30 heavy (non-hydrogen) atoms. The molecular formula is C21H28N6O3. The lowest BCUT2D eigenvalue weighted by atomic mass is 10.1. The Morgan fingerprint density at radius 1 is 1.30 bits per heavy atom. The van der Waals surface area contributed by atoms with E-state index < -0.39 is 0 Å². The number of carbonyl (C=O) groups is 2. The van der Waals surface area contributed by atoms with E-state index >= 15 is 0 Å². The highest BCUT2D eigenvalue weighted by molar-refractivity contribution is 6.04. The summed E-state index contributed by atoms with van der Waals surface area (Å²) < 4.78 is 5.24. The molecule has 1 fully saturated rings. The van der Waals surface area contributed by atoms with E-state index in [1.165, 1.54) is 12.8 Å². The third-order valence-corrected chi connectivity index (χ3v) is 5.91. The van der Waals surface area contributed by atoms with Crippen LogP contribution >= 0.6 is 0 Å². The number of amides is 2. The molecule has 0 aromatic carbocycles. The quantitative estimate of drug-likeness (QED) is 0.773. The standard InChI is InChI=1S/C21H28N6O3/c1-14-17(15(2)30-24-14)13-27-18-10-16(11-22-20(18)23-12-19(27)28)21(29)25(3)8-9-26-6-4-5-7-26/h10-11H,4-9,12-13H2,1-3H3,(H,22,23). The fraction of sp³-hybridized carbons (Fsp3) is 0.524. The minimum atomic E-state index is -0.0974. The summed E-state index contributed by atoms with van der Waals surface area (Å²) in [5.41, 5.74) is 2.70. The summed E-state index contributed by atoms with van der Waals surface area (Å²) in [5.74, 6) is 1.09. The maximum absolute atomic E-state index is 13.0. The van der Waals surface area contributed by atoms with Gasteiger partial charge in [0.05, 0.1) is 30.0 Å². The van der Waals surface area contributed by atoms with Gasteiger partial charge in [0.2, 0.25) is 5.91 Å². The molecular weight excluding hydrogens is 384 g/mol. The average Bonchev–Trinajstić information content (AvgIpc) is 3.38. The van der Waals surface area contributed by atoms with E-state index in [2.05, 4.69) is 20.4 Å². The van der Waals surface area contributed by atoms with Crippen molar-refractivity contribution in [3.8, 4) is 0 Å². The van der Waals surface area contributed by atoms with Gasteiger partial charge in [-0.3, -0.25) is 9.59 Å². The molecule has 2 aromatic heterocycles. The summed E-state index contributed by atoms with van der Waals surface area (Å²) >= 11 is 0. The number of likely N-dealkylation sites (tertiary alicyclic amines) is 1. The lowest BCUT2D eigenvalue weighted by Gasteiger charge is -2.30. The van der Waals surface area contributed by atoms with E-state index in [1.54, 1.807) is 22.1 Å². The monoisotopic (exact) mass is 412 g/mol. The average molecular weight is 412 g/mol. The Kier molecular flexibility index (Phi) is 5.72. The van der Waals surface area contributed by atoms with Gasteiger partial charge in [0.15, 0.2) is 5.82 Å². The van der Waals surface area contributed by atoms with Crippen LogP contribution in [0, 0.1) is 13.8 Å². The Morgan fingerprint density at radius 2 is 2.07 bits per heavy atom. The van der Waals surface area contributed by atoms with Crippen LogP contribution in [0.15, 0.2) is 16.8 Å². The van der Waals surface area contributed by atoms with Crippen molar-refractivity contribution in [2.45, 2.75) is 33.2 Å². The molecule has 1 saturated heterocycles. The topological polar surface area (TPSA) is 94.8 Å². The molecule has 2 aliphatic rings. The van der Waals surface area contributed by atoms with E-state index in [0.717, 1.165) is 30.9 Å². The Labute approximate surface area is 176 Å². The number of fused-ring (bicyclic) bond motifs is 1. The van der Waals surface area contributed by atoms with E-state index in [-0.39, 0.29) is 18.4 Å². The van der Waals surface area contributed by atoms with Gasteiger partial charge in [0.25, 0.3) is 5.91 Å². The summed E-state index contributed by atoms with van der Waals surface area (Å²) in [6, 6.07) is 1.75. The largest absolute Gasteiger partial charge is 0.361 e. The summed E-state index contributed by atoms with van der Waals surface area (Å²) in [4.78, 5) is 35.8. The first-order valence-electron chi connectivity index (χ1n) is 10.4. The number of carbonyl (C=O) groups excluding carboxylic acids is 2. The van der Waals surface area contributed by atoms with Crippen molar-refractivity contribution in [3.63, 3.8) is 0 Å². The second-order valence-electron chi connectivity index (χ2n) is 8.00. The summed E-state index contributed by atoms with van der Waals surface area (Å²) in [5, 5.41) is 7.01. The number of hydrogen-bond acceptors (Lipinski definition) is 7. The van der Waals surface area contributed by atoms with Gasteiger partial charge in [-0.15, -0.1) is 0 Å². The molecule has 4 rings (SSSR count). The van der Waals surface area contributed by atoms with Gasteiger partial charge in [-0.1, -0.05) is 5.16 Å². The summed E-state index contributed by atoms with van der Waals surface area (Å²) in [6.07, 6.45) is 4.03. The molecule has 0 atom stereocenters. The third-order valence-electron chi connectivity index (χ3n) is 5.91. The maximum Gasteiger partial charge on any atom is 0.255 e. The van der Waals surface area contributed by atoms with Crippen LogP contribution in [0.3, 0.4) is 0 Å². The smallest absolute Gasteiger partial charge is 0.255 e. The number of aromatic nitrogens is 2. The first kappa shape index (κ1) is 20.3. The maximum atomic E-state index is 13.0. The van der Waals surface area contributed by atoms with Crippen molar-refractivity contribution in [1.82, 2.24) is 19.9 Å². The summed E-state index contributed by atoms with van der Waals surface area (Å²) in [7, 11) is 1.81. The highest BCUT2D eigenvalue weighted by Gasteiger charge is 2.28. The molecule has 9 heteroatoms. The van der Waals surface area contributed by atoms with E-state index in [1.807, 2.05) is 20.9 Å². The number of nitrogens with one attached hydrogen (secondary N) is 1. The number of hydrogen-bond donors (Lipinski definition) is 1. The van der Waals surface area contributed by atoms with Crippen molar-refractivity contribution in [2.75, 3.05) is 50.0 Å². The van der Waals surface area contributed by atoms with Crippen LogP contribution in [0.25, 0.3) is 0 Å². The molecule has 0 unspecified atom stereocenters. The van der Waals surface area contributed by atoms with E-state index in [9.17, 15) is 9.59 Å². The minimum absolute atomic E-state index is 0.0868. The van der Waals surface area contributed by atoms with Crippen LogP contribution in [-0.2, 0) is 11.3 Å². The predicted octanol–water partition coefficient (Wildman–Crippen LogP) is 1.81. The van der Waals surface area contributed by atoms with Crippen molar-refractivity contribution < 1.29 is 14.1 Å². The molecule has 2 aliphatic heterocycles. The molecule has 2 aromatic rings. The molecule has 0 spiro atoms. The minimum Gasteiger partial charge on any atom is -0.361 e. The molecule has 9 nitrogen and oxygen atoms in total. The lowest BCUT2D eigenvalue weighted by Crippen LogP contribution is -2.40. The summed E-state index contributed by atoms with van der Waals surface area (Å²) in [6.45, 7) is 7.92. The number of nitrogens with zero attached hydrogens (tertiary/aromatic N) is 5. The SMILES string of the molecule is Cc1noc(C)c1CN1C(=O)CNc2ncc(C(=O)N(C)CCN3CCCC3)cc21. The zero-order valence-corrected chi connectivity index (χ0v) is 17.8. The second-order valence-corrected chi connectivity index (χ2v) is 8.00. The molecule has 1 N–H and O–H groups in total. The van der Waals surface area contributed by atoms with Crippen LogP contribution in [0.5, 0.6) is 0 Å². The molecule has 4 heterocycles.